The highest BCUT2D eigenvalue weighted by Gasteiger charge is 2.21. The van der Waals surface area contributed by atoms with Crippen molar-refractivity contribution in [3.05, 3.63) is 11.8 Å². The van der Waals surface area contributed by atoms with Gasteiger partial charge in [0.15, 0.2) is 5.75 Å². The van der Waals surface area contributed by atoms with Gasteiger partial charge in [-0.1, -0.05) is 0 Å². The van der Waals surface area contributed by atoms with Crippen LogP contribution in [0.15, 0.2) is 6.07 Å². The molecule has 0 aliphatic carbocycles. The second kappa shape index (κ2) is 8.70. The van der Waals surface area contributed by atoms with Gasteiger partial charge in [-0.15, -0.1) is 0 Å². The molecule has 1 rings (SSSR count). The molecular weight excluding hydrogens is 320 g/mol. The Labute approximate surface area is 139 Å². The molecule has 0 radical (unpaired) electrons. The van der Waals surface area contributed by atoms with E-state index in [1.807, 2.05) is 0 Å². The van der Waals surface area contributed by atoms with Crippen molar-refractivity contribution in [2.45, 2.75) is 27.7 Å². The molecule has 0 saturated heterocycles. The van der Waals surface area contributed by atoms with Crippen LogP contribution in [-0.2, 0) is 14.3 Å². The summed E-state index contributed by atoms with van der Waals surface area (Å²) in [5, 5.41) is 0. The number of carbonyl (C=O) groups is 3. The maximum absolute atomic E-state index is 11.6. The van der Waals surface area contributed by atoms with Gasteiger partial charge < -0.3 is 23.8 Å². The Hall–Kier alpha value is -2.84. The number of rotatable bonds is 5. The van der Waals surface area contributed by atoms with Gasteiger partial charge in [-0.2, -0.15) is 0 Å². The third kappa shape index (κ3) is 5.11. The highest BCUT2D eigenvalue weighted by Crippen LogP contribution is 2.32. The quantitative estimate of drug-likeness (QED) is 0.753. The van der Waals surface area contributed by atoms with Crippen LogP contribution >= 0.6 is 0 Å². The van der Waals surface area contributed by atoms with Crippen LogP contribution in [0.1, 0.15) is 26.5 Å². The monoisotopic (exact) mass is 340 g/mol. The Morgan fingerprint density at radius 3 is 2.12 bits per heavy atom. The molecule has 1 aromatic heterocycles. The predicted octanol–water partition coefficient (Wildman–Crippen LogP) is 2.44. The number of nitrogens with zero attached hydrogens (tertiary/aromatic N) is 2. The van der Waals surface area contributed by atoms with Gasteiger partial charge in [0.1, 0.15) is 0 Å². The van der Waals surface area contributed by atoms with E-state index in [1.165, 1.54) is 24.9 Å². The van der Waals surface area contributed by atoms with Gasteiger partial charge in [-0.3, -0.25) is 4.79 Å². The summed E-state index contributed by atoms with van der Waals surface area (Å²) in [5.41, 5.74) is 0.779. The largest absolute Gasteiger partial charge is 0.515 e. The fourth-order valence-corrected chi connectivity index (χ4v) is 1.67. The number of carbonyl (C=O) groups excluding carboxylic acids is 3. The van der Waals surface area contributed by atoms with Crippen molar-refractivity contribution in [3.63, 3.8) is 0 Å². The lowest BCUT2D eigenvalue weighted by molar-refractivity contribution is -0.116. The molecule has 9 heteroatoms. The first kappa shape index (κ1) is 19.2. The first-order chi connectivity index (χ1) is 11.3. The molecule has 1 aromatic rings. The third-order valence-electron chi connectivity index (χ3n) is 2.85. The van der Waals surface area contributed by atoms with Gasteiger partial charge in [0.25, 0.3) is 5.88 Å². The normalized spacial score (nSPS) is 9.88. The summed E-state index contributed by atoms with van der Waals surface area (Å²) in [5.74, 6) is -0.684. The number of aryl methyl sites for hydroxylation is 1. The maximum atomic E-state index is 11.6. The molecule has 0 atom stereocenters. The van der Waals surface area contributed by atoms with E-state index in [2.05, 4.69) is 9.72 Å². The topological polar surface area (TPSA) is 104 Å². The summed E-state index contributed by atoms with van der Waals surface area (Å²) in [4.78, 5) is 40.0. The van der Waals surface area contributed by atoms with Gasteiger partial charge in [-0.25, -0.2) is 14.6 Å². The zero-order chi connectivity index (χ0) is 18.3. The standard InChI is InChI=1S/C15H20N2O7/c1-6-21-14(19)23-12-8-11(17(5)10(4)18)9(3)16-13(12)24-15(20)22-7-2/h8H,6-7H2,1-5H3. The molecule has 0 aromatic carbocycles. The van der Waals surface area contributed by atoms with E-state index in [0.29, 0.717) is 11.4 Å². The number of aromatic nitrogens is 1. The van der Waals surface area contributed by atoms with Crippen LogP contribution in [0.4, 0.5) is 15.3 Å². The summed E-state index contributed by atoms with van der Waals surface area (Å²) in [6, 6.07) is 1.36. The highest BCUT2D eigenvalue weighted by molar-refractivity contribution is 5.92. The van der Waals surface area contributed by atoms with Crippen LogP contribution in [0.3, 0.4) is 0 Å². The van der Waals surface area contributed by atoms with Crippen molar-refractivity contribution in [2.24, 2.45) is 0 Å². The zero-order valence-corrected chi connectivity index (χ0v) is 14.2. The number of hydrogen-bond acceptors (Lipinski definition) is 8. The van der Waals surface area contributed by atoms with E-state index in [9.17, 15) is 14.4 Å². The smallest absolute Gasteiger partial charge is 0.434 e. The molecule has 1 amide bonds. The minimum Gasteiger partial charge on any atom is -0.434 e. The zero-order valence-electron chi connectivity index (χ0n) is 14.2. The van der Waals surface area contributed by atoms with Crippen LogP contribution in [0.2, 0.25) is 0 Å². The summed E-state index contributed by atoms with van der Waals surface area (Å²) in [6.07, 6.45) is -1.99. The SMILES string of the molecule is CCOC(=O)Oc1cc(N(C)C(C)=O)c(C)nc1OC(=O)OCC. The van der Waals surface area contributed by atoms with Gasteiger partial charge in [0.2, 0.25) is 5.91 Å². The van der Waals surface area contributed by atoms with Crippen molar-refractivity contribution in [2.75, 3.05) is 25.2 Å². The molecule has 0 N–H and O–H groups in total. The summed E-state index contributed by atoms with van der Waals surface area (Å²) in [7, 11) is 1.53. The Morgan fingerprint density at radius 1 is 1.08 bits per heavy atom. The molecule has 0 saturated carbocycles. The molecule has 0 fully saturated rings. The van der Waals surface area contributed by atoms with Crippen molar-refractivity contribution in [3.8, 4) is 11.6 Å². The lowest BCUT2D eigenvalue weighted by Crippen LogP contribution is -2.24. The lowest BCUT2D eigenvalue weighted by Gasteiger charge is -2.19. The van der Waals surface area contributed by atoms with E-state index in [4.69, 9.17) is 14.2 Å². The summed E-state index contributed by atoms with van der Waals surface area (Å²) < 4.78 is 19.3. The maximum Gasteiger partial charge on any atom is 0.515 e. The Bertz CT molecular complexity index is 630. The number of pyridine rings is 1. The van der Waals surface area contributed by atoms with Crippen LogP contribution in [-0.4, -0.2) is 43.5 Å². The molecule has 9 nitrogen and oxygen atoms in total. The Balaban J connectivity index is 3.24. The minimum absolute atomic E-state index is 0.104. The van der Waals surface area contributed by atoms with Crippen molar-refractivity contribution >= 4 is 23.9 Å². The summed E-state index contributed by atoms with van der Waals surface area (Å²) >= 11 is 0. The first-order valence-corrected chi connectivity index (χ1v) is 7.25. The average molecular weight is 340 g/mol. The van der Waals surface area contributed by atoms with Gasteiger partial charge in [-0.05, 0) is 20.8 Å². The fraction of sp³-hybridized carbons (Fsp3) is 0.467. The molecule has 132 valence electrons. The van der Waals surface area contributed by atoms with Crippen LogP contribution < -0.4 is 14.4 Å². The minimum atomic E-state index is -0.995. The van der Waals surface area contributed by atoms with Crippen LogP contribution in [0, 0.1) is 6.92 Å². The van der Waals surface area contributed by atoms with Crippen molar-refractivity contribution in [1.82, 2.24) is 4.98 Å². The second-order valence-electron chi connectivity index (χ2n) is 4.54. The van der Waals surface area contributed by atoms with Crippen molar-refractivity contribution < 1.29 is 33.3 Å². The number of ether oxygens (including phenoxy) is 4. The highest BCUT2D eigenvalue weighted by atomic mass is 16.7. The van der Waals surface area contributed by atoms with Gasteiger partial charge in [0.05, 0.1) is 24.6 Å². The van der Waals surface area contributed by atoms with E-state index < -0.39 is 12.3 Å². The van der Waals surface area contributed by atoms with E-state index >= 15 is 0 Å². The number of amides is 1. The van der Waals surface area contributed by atoms with E-state index in [-0.39, 0.29) is 30.8 Å². The van der Waals surface area contributed by atoms with Gasteiger partial charge in [0, 0.05) is 20.0 Å². The van der Waals surface area contributed by atoms with E-state index in [1.54, 1.807) is 20.8 Å². The lowest BCUT2D eigenvalue weighted by atomic mass is 10.2. The van der Waals surface area contributed by atoms with Crippen molar-refractivity contribution in [1.29, 1.82) is 0 Å². The second-order valence-corrected chi connectivity index (χ2v) is 4.54. The number of hydrogen-bond donors (Lipinski definition) is 0. The predicted molar refractivity (Wildman–Crippen MR) is 83.4 cm³/mol. The Kier molecular flexibility index (Phi) is 6.97. The fourth-order valence-electron chi connectivity index (χ4n) is 1.67. The third-order valence-corrected chi connectivity index (χ3v) is 2.85. The molecule has 0 aliphatic heterocycles. The molecule has 0 bridgehead atoms. The molecule has 1 heterocycles. The van der Waals surface area contributed by atoms with Crippen LogP contribution in [0.5, 0.6) is 11.6 Å². The number of anilines is 1. The van der Waals surface area contributed by atoms with Gasteiger partial charge >= 0.3 is 12.3 Å². The molecule has 0 aliphatic rings. The van der Waals surface area contributed by atoms with Crippen LogP contribution in [0.25, 0.3) is 0 Å². The molecule has 24 heavy (non-hydrogen) atoms. The molecule has 0 unspecified atom stereocenters. The summed E-state index contributed by atoms with van der Waals surface area (Å²) in [6.45, 7) is 6.42. The first-order valence-electron chi connectivity index (χ1n) is 7.25. The van der Waals surface area contributed by atoms with E-state index in [0.717, 1.165) is 0 Å². The Morgan fingerprint density at radius 2 is 1.62 bits per heavy atom. The molecule has 0 spiro atoms. The average Bonchev–Trinajstić information content (AvgIpc) is 2.49. The molecular formula is C15H20N2O7.